The minimum atomic E-state index is -0.901. The molecule has 0 aliphatic carbocycles. The van der Waals surface area contributed by atoms with Crippen molar-refractivity contribution in [1.29, 1.82) is 0 Å². The van der Waals surface area contributed by atoms with Crippen LogP contribution in [0.15, 0.2) is 18.2 Å². The van der Waals surface area contributed by atoms with Gasteiger partial charge in [-0.15, -0.1) is 0 Å². The first-order valence-corrected chi connectivity index (χ1v) is 7.45. The number of nitrogens with zero attached hydrogens (tertiary/aromatic N) is 1. The fourth-order valence-electron chi connectivity index (χ4n) is 2.33. The molecule has 6 heteroatoms. The van der Waals surface area contributed by atoms with Crippen molar-refractivity contribution < 1.29 is 14.8 Å². The summed E-state index contributed by atoms with van der Waals surface area (Å²) in [4.78, 5) is 22.0. The topological polar surface area (TPSA) is 92.5 Å². The molecule has 122 valence electrons. The van der Waals surface area contributed by atoms with Crippen molar-refractivity contribution in [3.8, 4) is 0 Å². The van der Waals surface area contributed by atoms with Crippen LogP contribution < -0.4 is 5.32 Å². The maximum Gasteiger partial charge on any atom is 0.320 e. The highest BCUT2D eigenvalue weighted by Gasteiger charge is 2.20. The second-order valence-corrected chi connectivity index (χ2v) is 6.21. The molecule has 1 aromatic carbocycles. The average Bonchev–Trinajstić information content (AvgIpc) is 2.42. The standard InChI is InChI=1S/C16H24N2O4/c1-10(2)7-14(16(19)20)17-9-12-5-6-13(11(3)4)15(8-12)18(21)22/h5-6,8,10-11,14,17H,7,9H2,1-4H3,(H,19,20)/t14-/m1/s1. The van der Waals surface area contributed by atoms with E-state index in [-0.39, 0.29) is 22.4 Å². The largest absolute Gasteiger partial charge is 0.480 e. The van der Waals surface area contributed by atoms with Gasteiger partial charge in [0.25, 0.3) is 5.69 Å². The summed E-state index contributed by atoms with van der Waals surface area (Å²) in [6.45, 7) is 8.02. The molecule has 0 bridgehead atoms. The van der Waals surface area contributed by atoms with E-state index in [9.17, 15) is 20.0 Å². The third-order valence-electron chi connectivity index (χ3n) is 3.47. The van der Waals surface area contributed by atoms with Gasteiger partial charge in [0.05, 0.1) is 4.92 Å². The van der Waals surface area contributed by atoms with Crippen LogP contribution in [0.4, 0.5) is 5.69 Å². The summed E-state index contributed by atoms with van der Waals surface area (Å²) in [5, 5.41) is 23.3. The summed E-state index contributed by atoms with van der Waals surface area (Å²) in [5.74, 6) is -0.580. The molecule has 1 aromatic rings. The Kier molecular flexibility index (Phi) is 6.49. The van der Waals surface area contributed by atoms with Gasteiger partial charge in [-0.3, -0.25) is 14.9 Å². The zero-order valence-corrected chi connectivity index (χ0v) is 13.5. The van der Waals surface area contributed by atoms with Gasteiger partial charge in [0.15, 0.2) is 0 Å². The molecule has 0 heterocycles. The van der Waals surface area contributed by atoms with E-state index in [1.54, 1.807) is 6.07 Å². The van der Waals surface area contributed by atoms with Gasteiger partial charge >= 0.3 is 5.97 Å². The van der Waals surface area contributed by atoms with Crippen LogP contribution in [-0.4, -0.2) is 22.0 Å². The predicted octanol–water partition coefficient (Wildman–Crippen LogP) is 3.31. The SMILES string of the molecule is CC(C)C[C@@H](NCc1ccc(C(C)C)c([N+](=O)[O-])c1)C(=O)O. The van der Waals surface area contributed by atoms with Gasteiger partial charge < -0.3 is 10.4 Å². The quantitative estimate of drug-likeness (QED) is 0.568. The maximum absolute atomic E-state index is 11.2. The number of carbonyl (C=O) groups is 1. The second-order valence-electron chi connectivity index (χ2n) is 6.21. The van der Waals surface area contributed by atoms with E-state index in [4.69, 9.17) is 0 Å². The molecule has 0 fully saturated rings. The van der Waals surface area contributed by atoms with E-state index in [0.29, 0.717) is 24.1 Å². The van der Waals surface area contributed by atoms with E-state index < -0.39 is 12.0 Å². The zero-order valence-electron chi connectivity index (χ0n) is 13.5. The molecule has 0 aliphatic heterocycles. The first-order valence-electron chi connectivity index (χ1n) is 7.45. The molecule has 0 unspecified atom stereocenters. The highest BCUT2D eigenvalue weighted by Crippen LogP contribution is 2.27. The summed E-state index contributed by atoms with van der Waals surface area (Å²) in [5.41, 5.74) is 1.49. The number of benzene rings is 1. The van der Waals surface area contributed by atoms with Crippen LogP contribution in [0, 0.1) is 16.0 Å². The molecule has 6 nitrogen and oxygen atoms in total. The van der Waals surface area contributed by atoms with Crippen LogP contribution in [-0.2, 0) is 11.3 Å². The maximum atomic E-state index is 11.2. The first-order chi connectivity index (χ1) is 10.2. The van der Waals surface area contributed by atoms with Crippen LogP contribution in [0.25, 0.3) is 0 Å². The van der Waals surface area contributed by atoms with Crippen LogP contribution >= 0.6 is 0 Å². The molecule has 0 saturated heterocycles. The van der Waals surface area contributed by atoms with E-state index in [1.165, 1.54) is 6.07 Å². The summed E-state index contributed by atoms with van der Waals surface area (Å²) >= 11 is 0. The molecule has 22 heavy (non-hydrogen) atoms. The Morgan fingerprint density at radius 3 is 2.41 bits per heavy atom. The first kappa shape index (κ1) is 18.1. The van der Waals surface area contributed by atoms with Crippen LogP contribution in [0.3, 0.4) is 0 Å². The molecule has 0 amide bonds. The molecule has 0 aromatic heterocycles. The number of rotatable bonds is 8. The third-order valence-corrected chi connectivity index (χ3v) is 3.47. The lowest BCUT2D eigenvalue weighted by molar-refractivity contribution is -0.385. The molecule has 2 N–H and O–H groups in total. The molecular formula is C16H24N2O4. The van der Waals surface area contributed by atoms with Crippen molar-refractivity contribution in [1.82, 2.24) is 5.32 Å². The van der Waals surface area contributed by atoms with Crippen LogP contribution in [0.1, 0.15) is 51.2 Å². The number of nitro benzene ring substituents is 1. The normalized spacial score (nSPS) is 12.6. The predicted molar refractivity (Wildman–Crippen MR) is 84.9 cm³/mol. The number of nitro groups is 1. The summed E-state index contributed by atoms with van der Waals surface area (Å²) in [6, 6.07) is 4.43. The second kappa shape index (κ2) is 7.89. The Hall–Kier alpha value is -1.95. The number of carboxylic acid groups (broad SMARTS) is 1. The highest BCUT2D eigenvalue weighted by atomic mass is 16.6. The van der Waals surface area contributed by atoms with Gasteiger partial charge in [-0.25, -0.2) is 0 Å². The molecule has 1 rings (SSSR count). The average molecular weight is 308 g/mol. The van der Waals surface area contributed by atoms with Crippen molar-refractivity contribution in [3.05, 3.63) is 39.4 Å². The Labute approximate surface area is 130 Å². The minimum absolute atomic E-state index is 0.0649. The lowest BCUT2D eigenvalue weighted by Gasteiger charge is -2.17. The van der Waals surface area contributed by atoms with E-state index in [1.807, 2.05) is 33.8 Å². The summed E-state index contributed by atoms with van der Waals surface area (Å²) < 4.78 is 0. The van der Waals surface area contributed by atoms with Crippen molar-refractivity contribution in [2.75, 3.05) is 0 Å². The Morgan fingerprint density at radius 1 is 1.32 bits per heavy atom. The van der Waals surface area contributed by atoms with Gasteiger partial charge in [-0.05, 0) is 23.8 Å². The lowest BCUT2D eigenvalue weighted by Crippen LogP contribution is -2.37. The van der Waals surface area contributed by atoms with Crippen LogP contribution in [0.5, 0.6) is 0 Å². The van der Waals surface area contributed by atoms with Gasteiger partial charge in [-0.2, -0.15) is 0 Å². The van der Waals surface area contributed by atoms with Crippen molar-refractivity contribution in [3.63, 3.8) is 0 Å². The molecule has 0 radical (unpaired) electrons. The van der Waals surface area contributed by atoms with Gasteiger partial charge in [-0.1, -0.05) is 39.8 Å². The van der Waals surface area contributed by atoms with E-state index >= 15 is 0 Å². The highest BCUT2D eigenvalue weighted by molar-refractivity contribution is 5.73. The van der Waals surface area contributed by atoms with Crippen molar-refractivity contribution >= 4 is 11.7 Å². The molecule has 0 saturated carbocycles. The number of carboxylic acids is 1. The zero-order chi connectivity index (χ0) is 16.9. The Morgan fingerprint density at radius 2 is 1.95 bits per heavy atom. The molecule has 0 aliphatic rings. The Balaban J connectivity index is 2.87. The summed E-state index contributed by atoms with van der Waals surface area (Å²) in [7, 11) is 0. The number of hydrogen-bond acceptors (Lipinski definition) is 4. The third kappa shape index (κ3) is 5.11. The molecule has 0 spiro atoms. The fraction of sp³-hybridized carbons (Fsp3) is 0.562. The molecule has 1 atom stereocenters. The monoisotopic (exact) mass is 308 g/mol. The smallest absolute Gasteiger partial charge is 0.320 e. The summed E-state index contributed by atoms with van der Waals surface area (Å²) in [6.07, 6.45) is 0.515. The molecular weight excluding hydrogens is 284 g/mol. The van der Waals surface area contributed by atoms with Gasteiger partial charge in [0.1, 0.15) is 6.04 Å². The lowest BCUT2D eigenvalue weighted by atomic mass is 9.99. The van der Waals surface area contributed by atoms with Crippen molar-refractivity contribution in [2.24, 2.45) is 5.92 Å². The Bertz CT molecular complexity index is 541. The van der Waals surface area contributed by atoms with Gasteiger partial charge in [0, 0.05) is 18.2 Å². The van der Waals surface area contributed by atoms with Gasteiger partial charge in [0.2, 0.25) is 0 Å². The minimum Gasteiger partial charge on any atom is -0.480 e. The van der Waals surface area contributed by atoms with Crippen LogP contribution in [0.2, 0.25) is 0 Å². The number of nitrogens with one attached hydrogen (secondary N) is 1. The van der Waals surface area contributed by atoms with Crippen molar-refractivity contribution in [2.45, 2.75) is 52.6 Å². The fourth-order valence-corrected chi connectivity index (χ4v) is 2.33. The number of hydrogen-bond donors (Lipinski definition) is 2. The van der Waals surface area contributed by atoms with E-state index in [0.717, 1.165) is 0 Å². The number of aliphatic carboxylic acids is 1. The van der Waals surface area contributed by atoms with E-state index in [2.05, 4.69) is 5.32 Å².